The third kappa shape index (κ3) is 5.26. The first-order valence-corrected chi connectivity index (χ1v) is 13.4. The molecule has 1 N–H and O–H groups in total. The topological polar surface area (TPSA) is 145 Å². The molecule has 2 aromatic carbocycles. The van der Waals surface area contributed by atoms with E-state index >= 15 is 0 Å². The smallest absolute Gasteiger partial charge is 0.493 e. The van der Waals surface area contributed by atoms with Crippen LogP contribution in [-0.4, -0.2) is 37.8 Å². The second-order valence-corrected chi connectivity index (χ2v) is 9.81. The number of aromatic hydroxyl groups is 1. The van der Waals surface area contributed by atoms with Crippen LogP contribution in [0.3, 0.4) is 0 Å². The van der Waals surface area contributed by atoms with Gasteiger partial charge in [0.25, 0.3) is 17.4 Å². The van der Waals surface area contributed by atoms with Gasteiger partial charge in [0.1, 0.15) is 11.6 Å². The first-order valence-electron chi connectivity index (χ1n) is 12.3. The molecule has 0 fully saturated rings. The van der Waals surface area contributed by atoms with E-state index in [1.807, 2.05) is 6.07 Å². The Morgan fingerprint density at radius 2 is 1.63 bits per heavy atom. The number of carbonyl (C=O) groups excluding carboxylic acids is 3. The Labute approximate surface area is 250 Å². The van der Waals surface area contributed by atoms with Crippen LogP contribution in [0.15, 0.2) is 63.1 Å². The molecule has 0 saturated carbocycles. The summed E-state index contributed by atoms with van der Waals surface area (Å²) in [5, 5.41) is 28.8. The first kappa shape index (κ1) is 31.2. The maximum atomic E-state index is 13.5. The van der Waals surface area contributed by atoms with Crippen LogP contribution in [0.4, 0.5) is 11.4 Å². The predicted molar refractivity (Wildman–Crippen MR) is 151 cm³/mol. The molecule has 0 bridgehead atoms. The average molecular weight is 614 g/mol. The van der Waals surface area contributed by atoms with Gasteiger partial charge < -0.3 is 5.11 Å². The van der Waals surface area contributed by atoms with Gasteiger partial charge in [-0.25, -0.2) is 8.87 Å². The van der Waals surface area contributed by atoms with E-state index in [0.29, 0.717) is 11.3 Å². The van der Waals surface area contributed by atoms with Crippen molar-refractivity contribution in [1.82, 2.24) is 8.87 Å². The summed E-state index contributed by atoms with van der Waals surface area (Å²) in [5.74, 6) is -2.25. The first-order chi connectivity index (χ1) is 19.1. The number of ketones is 1. The summed E-state index contributed by atoms with van der Waals surface area (Å²) in [5.41, 5.74) is 0.492. The molecule has 2 heterocycles. The molecule has 210 valence electrons. The van der Waals surface area contributed by atoms with E-state index in [2.05, 4.69) is 10.2 Å². The minimum absolute atomic E-state index is 0. The predicted octanol–water partition coefficient (Wildman–Crippen LogP) is 5.78. The molecule has 1 aliphatic rings. The molecule has 0 saturated heterocycles. The Hall–Kier alpha value is -4.33. The van der Waals surface area contributed by atoms with Gasteiger partial charge in [0, 0.05) is 28.6 Å². The molecule has 41 heavy (non-hydrogen) atoms. The SMILES string of the molecule is CCc1c(C#N)c(O)n(C(C)=C(C)C)c(=O)c1N=Nc1ccc(C(=O)c2ccccc2)c2c1C(=O)N(SC)C2=O.[Ni+2]. The monoisotopic (exact) mass is 613 g/mol. The van der Waals surface area contributed by atoms with Crippen LogP contribution in [0.1, 0.15) is 75.5 Å². The largest absolute Gasteiger partial charge is 2.00 e. The average Bonchev–Trinajstić information content (AvgIpc) is 3.21. The fourth-order valence-corrected chi connectivity index (χ4v) is 4.92. The Morgan fingerprint density at radius 1 is 1.00 bits per heavy atom. The molecule has 1 aromatic heterocycles. The van der Waals surface area contributed by atoms with Crippen molar-refractivity contribution >= 4 is 46.6 Å². The van der Waals surface area contributed by atoms with Crippen LogP contribution >= 0.6 is 11.9 Å². The van der Waals surface area contributed by atoms with Crippen LogP contribution in [-0.2, 0) is 22.9 Å². The number of imide groups is 1. The van der Waals surface area contributed by atoms with Gasteiger partial charge in [-0.05, 0) is 51.3 Å². The number of azo groups is 1. The molecule has 12 heteroatoms. The van der Waals surface area contributed by atoms with Gasteiger partial charge in [0.05, 0.1) is 16.8 Å². The van der Waals surface area contributed by atoms with Crippen molar-refractivity contribution in [1.29, 1.82) is 5.26 Å². The van der Waals surface area contributed by atoms with Gasteiger partial charge in [0.2, 0.25) is 5.88 Å². The number of nitrogens with zero attached hydrogens (tertiary/aromatic N) is 5. The molecule has 4 rings (SSSR count). The van der Waals surface area contributed by atoms with Gasteiger partial charge in [-0.2, -0.15) is 5.26 Å². The molecule has 10 nitrogen and oxygen atoms in total. The molecule has 2 amide bonds. The summed E-state index contributed by atoms with van der Waals surface area (Å²) in [4.78, 5) is 53.2. The Kier molecular flexibility index (Phi) is 9.48. The third-order valence-electron chi connectivity index (χ3n) is 6.65. The minimum Gasteiger partial charge on any atom is -0.493 e. The van der Waals surface area contributed by atoms with Crippen molar-refractivity contribution in [2.45, 2.75) is 34.1 Å². The number of allylic oxidation sites excluding steroid dienone is 2. The van der Waals surface area contributed by atoms with E-state index in [1.54, 1.807) is 64.3 Å². The maximum absolute atomic E-state index is 13.5. The Balaban J connectivity index is 0.00000462. The summed E-state index contributed by atoms with van der Waals surface area (Å²) in [6.45, 7) is 6.83. The van der Waals surface area contributed by atoms with Crippen molar-refractivity contribution in [3.8, 4) is 11.9 Å². The second-order valence-electron chi connectivity index (χ2n) is 9.08. The third-order valence-corrected chi connectivity index (χ3v) is 7.35. The minimum atomic E-state index is -0.698. The van der Waals surface area contributed by atoms with Crippen LogP contribution in [0.5, 0.6) is 5.88 Å². The number of amides is 2. The molecular weight excluding hydrogens is 589 g/mol. The number of rotatable bonds is 7. The van der Waals surface area contributed by atoms with Gasteiger partial charge in [-0.1, -0.05) is 42.8 Å². The van der Waals surface area contributed by atoms with Crippen LogP contribution in [0.2, 0.25) is 0 Å². The summed E-state index contributed by atoms with van der Waals surface area (Å²) >= 11 is 0.896. The maximum Gasteiger partial charge on any atom is 2.00 e. The van der Waals surface area contributed by atoms with Crippen molar-refractivity contribution in [3.05, 3.63) is 91.8 Å². The van der Waals surface area contributed by atoms with E-state index < -0.39 is 29.0 Å². The standard InChI is InChI=1S/C29H25N5O5S.Ni/c1-6-18-20(14-30)26(36)33(16(4)15(2)3)29(39)24(18)32-31-21-13-12-19(25(35)17-10-8-7-9-11-17)22-23(21)28(38)34(40-5)27(22)37;/h7-13,36H,6H2,1-5H3;/q;+2. The van der Waals surface area contributed by atoms with Crippen molar-refractivity contribution in [2.24, 2.45) is 10.2 Å². The molecule has 0 spiro atoms. The van der Waals surface area contributed by atoms with Crippen molar-refractivity contribution < 1.29 is 36.0 Å². The quantitative estimate of drug-likeness (QED) is 0.117. The number of fused-ring (bicyclic) bond motifs is 1. The summed E-state index contributed by atoms with van der Waals surface area (Å²) in [6, 6.07) is 13.1. The molecule has 0 radical (unpaired) electrons. The molecule has 0 atom stereocenters. The van der Waals surface area contributed by atoms with Crippen LogP contribution < -0.4 is 5.56 Å². The van der Waals surface area contributed by atoms with E-state index in [9.17, 15) is 29.5 Å². The van der Waals surface area contributed by atoms with E-state index in [0.717, 1.165) is 26.4 Å². The zero-order valence-electron chi connectivity index (χ0n) is 22.8. The second kappa shape index (κ2) is 12.5. The number of benzene rings is 2. The number of aromatic nitrogens is 1. The van der Waals surface area contributed by atoms with Gasteiger partial charge in [0.15, 0.2) is 11.5 Å². The molecular formula is C29H25N5NiO5S+2. The number of nitriles is 1. The number of pyridine rings is 1. The normalized spacial score (nSPS) is 12.2. The summed E-state index contributed by atoms with van der Waals surface area (Å²) in [6.07, 6.45) is 1.75. The number of carbonyl (C=O) groups is 3. The van der Waals surface area contributed by atoms with Gasteiger partial charge in [-0.3, -0.25) is 19.2 Å². The number of hydrogen-bond donors (Lipinski definition) is 1. The van der Waals surface area contributed by atoms with Gasteiger partial charge in [-0.15, -0.1) is 10.2 Å². The fourth-order valence-electron chi connectivity index (χ4n) is 4.41. The molecule has 3 aromatic rings. The Morgan fingerprint density at radius 3 is 2.20 bits per heavy atom. The zero-order chi connectivity index (χ0) is 29.3. The van der Waals surface area contributed by atoms with Crippen LogP contribution in [0.25, 0.3) is 5.70 Å². The summed E-state index contributed by atoms with van der Waals surface area (Å²) < 4.78 is 1.93. The number of hydrogen-bond acceptors (Lipinski definition) is 9. The van der Waals surface area contributed by atoms with Gasteiger partial charge >= 0.3 is 16.5 Å². The molecule has 0 unspecified atom stereocenters. The summed E-state index contributed by atoms with van der Waals surface area (Å²) in [7, 11) is 0. The van der Waals surface area contributed by atoms with E-state index in [-0.39, 0.29) is 62.1 Å². The molecule has 0 aliphatic carbocycles. The zero-order valence-corrected chi connectivity index (χ0v) is 24.6. The van der Waals surface area contributed by atoms with E-state index in [1.165, 1.54) is 12.1 Å². The van der Waals surface area contributed by atoms with Crippen molar-refractivity contribution in [2.75, 3.05) is 6.26 Å². The Bertz CT molecular complexity index is 1750. The van der Waals surface area contributed by atoms with Crippen LogP contribution in [0, 0.1) is 11.3 Å². The van der Waals surface area contributed by atoms with Crippen molar-refractivity contribution in [3.63, 3.8) is 0 Å². The van der Waals surface area contributed by atoms with E-state index in [4.69, 9.17) is 0 Å². The molecule has 1 aliphatic heterocycles. The fraction of sp³-hybridized carbons (Fsp3) is 0.207.